The van der Waals surface area contributed by atoms with Crippen LogP contribution in [0.4, 0.5) is 5.69 Å². The Hall–Kier alpha value is -2.56. The lowest BCUT2D eigenvalue weighted by atomic mass is 10.2. The fourth-order valence-electron chi connectivity index (χ4n) is 1.76. The van der Waals surface area contributed by atoms with Crippen LogP contribution in [0.1, 0.15) is 22.8 Å². The molecule has 0 fully saturated rings. The van der Waals surface area contributed by atoms with E-state index in [4.69, 9.17) is 4.74 Å². The summed E-state index contributed by atoms with van der Waals surface area (Å²) in [6, 6.07) is 8.29. The third-order valence-electron chi connectivity index (χ3n) is 2.70. The number of anilines is 1. The third kappa shape index (κ3) is 3.06. The van der Waals surface area contributed by atoms with Gasteiger partial charge in [-0.2, -0.15) is 0 Å². The van der Waals surface area contributed by atoms with Crippen molar-refractivity contribution >= 4 is 11.6 Å². The maximum absolute atomic E-state index is 12.2. The first kappa shape index (κ1) is 13.9. The van der Waals surface area contributed by atoms with Gasteiger partial charge in [0.25, 0.3) is 5.91 Å². The molecule has 0 aliphatic carbocycles. The number of amides is 1. The highest BCUT2D eigenvalue weighted by Crippen LogP contribution is 2.25. The van der Waals surface area contributed by atoms with E-state index in [1.807, 2.05) is 13.8 Å². The standard InChI is InChI=1S/C15H16N2O3/c1-3-20-15-11(5-4-8-16-15)14(19)17-12-9-10(2)6-7-13(12)18/h4-9,18H,3H2,1-2H3,(H,17,19). The number of nitrogens with one attached hydrogen (secondary N) is 1. The number of hydrogen-bond donors (Lipinski definition) is 2. The SMILES string of the molecule is CCOc1ncccc1C(=O)Nc1cc(C)ccc1O. The summed E-state index contributed by atoms with van der Waals surface area (Å²) in [4.78, 5) is 16.3. The van der Waals surface area contributed by atoms with Gasteiger partial charge in [0.2, 0.25) is 5.88 Å². The smallest absolute Gasteiger partial charge is 0.261 e. The van der Waals surface area contributed by atoms with E-state index < -0.39 is 0 Å². The molecule has 1 amide bonds. The number of rotatable bonds is 4. The van der Waals surface area contributed by atoms with Gasteiger partial charge in [0.1, 0.15) is 11.3 Å². The first-order valence-corrected chi connectivity index (χ1v) is 6.30. The molecule has 20 heavy (non-hydrogen) atoms. The number of phenols is 1. The maximum Gasteiger partial charge on any atom is 0.261 e. The maximum atomic E-state index is 12.2. The first-order chi connectivity index (χ1) is 9.61. The van der Waals surface area contributed by atoms with Gasteiger partial charge >= 0.3 is 0 Å². The lowest BCUT2D eigenvalue weighted by Gasteiger charge is -2.10. The largest absolute Gasteiger partial charge is 0.506 e. The van der Waals surface area contributed by atoms with Crippen LogP contribution in [0.5, 0.6) is 11.6 Å². The molecule has 2 rings (SSSR count). The Morgan fingerprint density at radius 1 is 1.40 bits per heavy atom. The first-order valence-electron chi connectivity index (χ1n) is 6.30. The normalized spacial score (nSPS) is 10.1. The molecule has 2 aromatic rings. The third-order valence-corrected chi connectivity index (χ3v) is 2.70. The van der Waals surface area contributed by atoms with E-state index in [0.29, 0.717) is 17.9 Å². The number of hydrogen-bond acceptors (Lipinski definition) is 4. The number of carbonyl (C=O) groups is 1. The van der Waals surface area contributed by atoms with Gasteiger partial charge in [0.05, 0.1) is 12.3 Å². The average Bonchev–Trinajstić information content (AvgIpc) is 2.44. The minimum atomic E-state index is -0.373. The van der Waals surface area contributed by atoms with Crippen LogP contribution in [0.2, 0.25) is 0 Å². The predicted octanol–water partition coefficient (Wildman–Crippen LogP) is 2.75. The number of carbonyl (C=O) groups excluding carboxylic acids is 1. The van der Waals surface area contributed by atoms with Crippen molar-refractivity contribution in [3.05, 3.63) is 47.7 Å². The van der Waals surface area contributed by atoms with Crippen LogP contribution in [0.15, 0.2) is 36.5 Å². The van der Waals surface area contributed by atoms with E-state index in [-0.39, 0.29) is 17.5 Å². The van der Waals surface area contributed by atoms with E-state index in [1.54, 1.807) is 30.5 Å². The molecule has 5 nitrogen and oxygen atoms in total. The Morgan fingerprint density at radius 2 is 2.20 bits per heavy atom. The van der Waals surface area contributed by atoms with Crippen LogP contribution in [0, 0.1) is 6.92 Å². The summed E-state index contributed by atoms with van der Waals surface area (Å²) < 4.78 is 5.32. The van der Waals surface area contributed by atoms with Gasteiger partial charge in [0, 0.05) is 6.20 Å². The Morgan fingerprint density at radius 3 is 2.95 bits per heavy atom. The zero-order valence-corrected chi connectivity index (χ0v) is 11.4. The van der Waals surface area contributed by atoms with E-state index >= 15 is 0 Å². The number of phenolic OH excluding ortho intramolecular Hbond substituents is 1. The second kappa shape index (κ2) is 6.06. The predicted molar refractivity (Wildman–Crippen MR) is 76.2 cm³/mol. The molecule has 0 unspecified atom stereocenters. The van der Waals surface area contributed by atoms with E-state index in [0.717, 1.165) is 5.56 Å². The fourth-order valence-corrected chi connectivity index (χ4v) is 1.76. The van der Waals surface area contributed by atoms with Crippen LogP contribution in [0.25, 0.3) is 0 Å². The highest BCUT2D eigenvalue weighted by Gasteiger charge is 2.14. The summed E-state index contributed by atoms with van der Waals surface area (Å²) in [5, 5.41) is 12.4. The molecule has 104 valence electrons. The lowest BCUT2D eigenvalue weighted by Crippen LogP contribution is -2.14. The second-order valence-corrected chi connectivity index (χ2v) is 4.26. The molecule has 0 spiro atoms. The van der Waals surface area contributed by atoms with Crippen LogP contribution >= 0.6 is 0 Å². The Labute approximate surface area is 117 Å². The van der Waals surface area contributed by atoms with E-state index in [9.17, 15) is 9.90 Å². The van der Waals surface area contributed by atoms with Crippen LogP contribution in [-0.4, -0.2) is 22.6 Å². The number of aromatic nitrogens is 1. The molecule has 1 aromatic heterocycles. The van der Waals surface area contributed by atoms with Crippen molar-refractivity contribution in [2.24, 2.45) is 0 Å². The lowest BCUT2D eigenvalue weighted by molar-refractivity contribution is 0.102. The summed E-state index contributed by atoms with van der Waals surface area (Å²) in [6.07, 6.45) is 1.56. The van der Waals surface area contributed by atoms with Crippen molar-refractivity contribution in [3.8, 4) is 11.6 Å². The zero-order chi connectivity index (χ0) is 14.5. The number of aryl methyl sites for hydroxylation is 1. The minimum Gasteiger partial charge on any atom is -0.506 e. The molecule has 2 N–H and O–H groups in total. The monoisotopic (exact) mass is 272 g/mol. The molecular weight excluding hydrogens is 256 g/mol. The molecule has 1 heterocycles. The van der Waals surface area contributed by atoms with Gasteiger partial charge in [-0.1, -0.05) is 6.07 Å². The summed E-state index contributed by atoms with van der Waals surface area (Å²) in [6.45, 7) is 4.13. The van der Waals surface area contributed by atoms with Crippen molar-refractivity contribution in [2.75, 3.05) is 11.9 Å². The minimum absolute atomic E-state index is 0.0193. The van der Waals surface area contributed by atoms with Crippen molar-refractivity contribution in [1.29, 1.82) is 0 Å². The quantitative estimate of drug-likeness (QED) is 0.839. The topological polar surface area (TPSA) is 71.5 Å². The molecular formula is C15H16N2O3. The Balaban J connectivity index is 2.26. The summed E-state index contributed by atoms with van der Waals surface area (Å²) in [5.41, 5.74) is 1.63. The van der Waals surface area contributed by atoms with Crippen LogP contribution in [0.3, 0.4) is 0 Å². The van der Waals surface area contributed by atoms with Gasteiger partial charge in [-0.05, 0) is 43.7 Å². The molecule has 0 aliphatic rings. The molecule has 5 heteroatoms. The van der Waals surface area contributed by atoms with E-state index in [1.165, 1.54) is 6.07 Å². The van der Waals surface area contributed by atoms with Gasteiger partial charge in [-0.3, -0.25) is 4.79 Å². The van der Waals surface area contributed by atoms with Crippen molar-refractivity contribution in [3.63, 3.8) is 0 Å². The van der Waals surface area contributed by atoms with E-state index in [2.05, 4.69) is 10.3 Å². The molecule has 0 radical (unpaired) electrons. The summed E-state index contributed by atoms with van der Waals surface area (Å²) >= 11 is 0. The van der Waals surface area contributed by atoms with Crippen LogP contribution in [-0.2, 0) is 0 Å². The molecule has 0 saturated carbocycles. The summed E-state index contributed by atoms with van der Waals surface area (Å²) in [5.74, 6) is -0.0760. The summed E-state index contributed by atoms with van der Waals surface area (Å²) in [7, 11) is 0. The molecule has 0 saturated heterocycles. The average molecular weight is 272 g/mol. The van der Waals surface area contributed by atoms with Gasteiger partial charge in [0.15, 0.2) is 0 Å². The number of nitrogens with zero attached hydrogens (tertiary/aromatic N) is 1. The van der Waals surface area contributed by atoms with Gasteiger partial charge in [-0.15, -0.1) is 0 Å². The highest BCUT2D eigenvalue weighted by atomic mass is 16.5. The molecule has 1 aromatic carbocycles. The second-order valence-electron chi connectivity index (χ2n) is 4.26. The van der Waals surface area contributed by atoms with Gasteiger partial charge < -0.3 is 15.2 Å². The van der Waals surface area contributed by atoms with Crippen molar-refractivity contribution in [2.45, 2.75) is 13.8 Å². The van der Waals surface area contributed by atoms with Crippen LogP contribution < -0.4 is 10.1 Å². The number of benzene rings is 1. The Bertz CT molecular complexity index is 626. The number of ether oxygens (including phenoxy) is 1. The molecule has 0 aliphatic heterocycles. The van der Waals surface area contributed by atoms with Crippen molar-refractivity contribution in [1.82, 2.24) is 4.98 Å². The Kier molecular flexibility index (Phi) is 4.20. The molecule has 0 bridgehead atoms. The number of pyridine rings is 1. The fraction of sp³-hybridized carbons (Fsp3) is 0.200. The van der Waals surface area contributed by atoms with Crippen molar-refractivity contribution < 1.29 is 14.6 Å². The number of aromatic hydroxyl groups is 1. The highest BCUT2D eigenvalue weighted by molar-refractivity contribution is 6.06. The molecule has 0 atom stereocenters. The zero-order valence-electron chi connectivity index (χ0n) is 11.4. The van der Waals surface area contributed by atoms with Gasteiger partial charge in [-0.25, -0.2) is 4.98 Å².